The molecule has 6 nitrogen and oxygen atoms in total. The lowest BCUT2D eigenvalue weighted by molar-refractivity contribution is -0.206. The molecule has 5 aliphatic carbocycles. The van der Waals surface area contributed by atoms with Gasteiger partial charge >= 0.3 is 5.97 Å². The number of para-hydroxylation sites is 1. The third-order valence-corrected chi connectivity index (χ3v) is 14.9. The van der Waals surface area contributed by atoms with Crippen molar-refractivity contribution in [2.45, 2.75) is 125 Å². The number of rotatable bonds is 4. The highest BCUT2D eigenvalue weighted by molar-refractivity contribution is 5.78. The fourth-order valence-electron chi connectivity index (χ4n) is 12.0. The second kappa shape index (κ2) is 10.3. The number of aromatic nitrogens is 3. The highest BCUT2D eigenvalue weighted by Crippen LogP contribution is 2.75. The van der Waals surface area contributed by atoms with Gasteiger partial charge in [0.1, 0.15) is 12.3 Å². The number of fused-ring (bicyclic) bond motifs is 7. The smallest absolute Gasteiger partial charge is 0.313 e. The van der Waals surface area contributed by atoms with Crippen LogP contribution >= 0.6 is 0 Å². The summed E-state index contributed by atoms with van der Waals surface area (Å²) in [5.74, 6) is 1.30. The molecule has 0 saturated heterocycles. The van der Waals surface area contributed by atoms with Crippen LogP contribution in [0.5, 0.6) is 0 Å². The van der Waals surface area contributed by atoms with Gasteiger partial charge in [0.15, 0.2) is 0 Å². The summed E-state index contributed by atoms with van der Waals surface area (Å²) < 4.78 is 7.95. The van der Waals surface area contributed by atoms with Crippen LogP contribution in [0, 0.1) is 50.2 Å². The van der Waals surface area contributed by atoms with Gasteiger partial charge in [-0.3, -0.25) is 4.79 Å². The molecule has 45 heavy (non-hydrogen) atoms. The van der Waals surface area contributed by atoms with Gasteiger partial charge in [0.05, 0.1) is 23.4 Å². The fraction of sp³-hybridized carbons (Fsp3) is 0.718. The van der Waals surface area contributed by atoms with Crippen molar-refractivity contribution >= 4 is 5.97 Å². The van der Waals surface area contributed by atoms with Crippen molar-refractivity contribution < 1.29 is 14.6 Å². The minimum atomic E-state index is -0.475. The highest BCUT2D eigenvalue weighted by Gasteiger charge is 2.69. The van der Waals surface area contributed by atoms with Crippen LogP contribution < -0.4 is 0 Å². The Kier molecular flexibility index (Phi) is 7.10. The zero-order valence-electron chi connectivity index (χ0n) is 28.7. The number of nitrogens with zero attached hydrogens (tertiary/aromatic N) is 3. The third kappa shape index (κ3) is 4.47. The van der Waals surface area contributed by atoms with Crippen LogP contribution in [0.4, 0.5) is 0 Å². The number of carbonyl (C=O) groups excluding carboxylic acids is 1. The second-order valence-corrected chi connectivity index (χ2v) is 17.8. The van der Waals surface area contributed by atoms with E-state index in [4.69, 9.17) is 4.74 Å². The van der Waals surface area contributed by atoms with E-state index < -0.39 is 5.41 Å². The minimum absolute atomic E-state index is 0.0359. The van der Waals surface area contributed by atoms with Crippen molar-refractivity contribution in [3.8, 4) is 5.69 Å². The van der Waals surface area contributed by atoms with E-state index in [1.54, 1.807) is 10.3 Å². The Hall–Kier alpha value is -2.47. The molecule has 2 aromatic rings. The molecule has 0 spiro atoms. The number of esters is 1. The lowest BCUT2D eigenvalue weighted by atomic mass is 9.33. The van der Waals surface area contributed by atoms with Gasteiger partial charge < -0.3 is 9.84 Å². The summed E-state index contributed by atoms with van der Waals surface area (Å²) in [5, 5.41) is 19.7. The summed E-state index contributed by atoms with van der Waals surface area (Å²) in [6.07, 6.45) is 14.7. The number of ether oxygens (including phenoxy) is 1. The third-order valence-electron chi connectivity index (χ3n) is 14.9. The molecule has 1 heterocycles. The molecular formula is C39H55N3O3. The van der Waals surface area contributed by atoms with Gasteiger partial charge in [0.25, 0.3) is 0 Å². The molecule has 0 radical (unpaired) electrons. The summed E-state index contributed by atoms with van der Waals surface area (Å²) >= 11 is 0. The number of carbonyl (C=O) groups is 1. The average molecular weight is 614 g/mol. The first-order valence-electron chi connectivity index (χ1n) is 17.7. The predicted octanol–water partition coefficient (Wildman–Crippen LogP) is 8.47. The molecule has 0 bridgehead atoms. The van der Waals surface area contributed by atoms with Gasteiger partial charge in [-0.15, -0.1) is 5.10 Å². The second-order valence-electron chi connectivity index (χ2n) is 17.8. The number of allylic oxidation sites excluding steroid dienone is 2. The number of aliphatic hydroxyl groups is 1. The Labute approximate surface area is 270 Å². The molecule has 8 atom stereocenters. The normalized spacial score (nSPS) is 41.5. The molecular weight excluding hydrogens is 558 g/mol. The summed E-state index contributed by atoms with van der Waals surface area (Å²) in [6, 6.07) is 9.92. The molecule has 1 aromatic heterocycles. The number of hydrogen-bond donors (Lipinski definition) is 1. The molecule has 5 aliphatic rings. The lowest BCUT2D eigenvalue weighted by Crippen LogP contribution is -2.65. The predicted molar refractivity (Wildman–Crippen MR) is 176 cm³/mol. The SMILES string of the molecule is CC1(C)CC[C@]2(C(=O)OCc3cn(-c4ccccc4)nn3)CC[C@]3(C)C(=CC[C@@H]4[C@@]5(C)CC[C@H](O)C(C)(C)[C@@H]5CC[C@]43C)[C@@H]2C1. The van der Waals surface area contributed by atoms with Crippen molar-refractivity contribution in [3.63, 3.8) is 0 Å². The van der Waals surface area contributed by atoms with E-state index in [0.717, 1.165) is 57.1 Å². The molecule has 0 amide bonds. The molecule has 1 aromatic carbocycles. The molecule has 4 fully saturated rings. The Morgan fingerprint density at radius 2 is 1.67 bits per heavy atom. The van der Waals surface area contributed by atoms with Gasteiger partial charge in [0, 0.05) is 0 Å². The van der Waals surface area contributed by atoms with Crippen LogP contribution in [0.2, 0.25) is 0 Å². The van der Waals surface area contributed by atoms with Gasteiger partial charge in [0.2, 0.25) is 0 Å². The average Bonchev–Trinajstić information content (AvgIpc) is 3.48. The van der Waals surface area contributed by atoms with Crippen LogP contribution in [0.15, 0.2) is 48.2 Å². The maximum absolute atomic E-state index is 14.4. The Morgan fingerprint density at radius 3 is 2.42 bits per heavy atom. The Bertz CT molecular complexity index is 1490. The topological polar surface area (TPSA) is 77.2 Å². The largest absolute Gasteiger partial charge is 0.459 e. The molecule has 0 unspecified atom stereocenters. The monoisotopic (exact) mass is 613 g/mol. The van der Waals surface area contributed by atoms with Crippen LogP contribution in [-0.4, -0.2) is 32.2 Å². The standard InChI is InChI=1S/C39H55N3O3/c1-34(2)19-21-39(33(44)45-25-26-24-42(41-40-26)27-11-9-8-10-12-27)22-20-37(6)28(29(39)23-34)13-14-31-36(5)17-16-32(43)35(3,4)30(36)15-18-38(31,37)7/h8-13,24,29-32,43H,14-23,25H2,1-7H3/t29-,30-,31+,32-,36-,37+,38+,39-/m0/s1. The maximum Gasteiger partial charge on any atom is 0.313 e. The van der Waals surface area contributed by atoms with Crippen LogP contribution in [0.3, 0.4) is 0 Å². The summed E-state index contributed by atoms with van der Waals surface area (Å²) in [6.45, 7) is 17.3. The quantitative estimate of drug-likeness (QED) is 0.276. The van der Waals surface area contributed by atoms with E-state index in [-0.39, 0.29) is 51.7 Å². The zero-order chi connectivity index (χ0) is 32.0. The molecule has 4 saturated carbocycles. The van der Waals surface area contributed by atoms with E-state index in [1.807, 2.05) is 36.5 Å². The van der Waals surface area contributed by atoms with E-state index in [2.05, 4.69) is 64.9 Å². The van der Waals surface area contributed by atoms with Gasteiger partial charge in [-0.1, -0.05) is 83.5 Å². The first-order valence-corrected chi connectivity index (χ1v) is 17.7. The maximum atomic E-state index is 14.4. The Morgan fingerprint density at radius 1 is 0.933 bits per heavy atom. The first-order chi connectivity index (χ1) is 21.2. The van der Waals surface area contributed by atoms with E-state index in [9.17, 15) is 9.90 Å². The lowest BCUT2D eigenvalue weighted by Gasteiger charge is -2.71. The molecule has 7 rings (SSSR count). The van der Waals surface area contributed by atoms with E-state index in [0.29, 0.717) is 17.5 Å². The first kappa shape index (κ1) is 31.1. The minimum Gasteiger partial charge on any atom is -0.459 e. The Balaban J connectivity index is 1.19. The zero-order valence-corrected chi connectivity index (χ0v) is 28.7. The summed E-state index contributed by atoms with van der Waals surface area (Å²) in [5.41, 5.74) is 3.29. The molecule has 6 heteroatoms. The highest BCUT2D eigenvalue weighted by atomic mass is 16.5. The number of benzene rings is 1. The summed E-state index contributed by atoms with van der Waals surface area (Å²) in [4.78, 5) is 14.4. The van der Waals surface area contributed by atoms with Crippen molar-refractivity contribution in [1.82, 2.24) is 15.0 Å². The number of aliphatic hydroxyl groups excluding tert-OH is 1. The van der Waals surface area contributed by atoms with Gasteiger partial charge in [-0.05, 0) is 121 Å². The molecule has 1 N–H and O–H groups in total. The van der Waals surface area contributed by atoms with Crippen LogP contribution in [0.25, 0.3) is 5.69 Å². The van der Waals surface area contributed by atoms with Crippen LogP contribution in [-0.2, 0) is 16.1 Å². The van der Waals surface area contributed by atoms with E-state index >= 15 is 0 Å². The summed E-state index contributed by atoms with van der Waals surface area (Å²) in [7, 11) is 0. The van der Waals surface area contributed by atoms with Crippen molar-refractivity contribution in [2.24, 2.45) is 50.2 Å². The van der Waals surface area contributed by atoms with Crippen molar-refractivity contribution in [1.29, 1.82) is 0 Å². The van der Waals surface area contributed by atoms with Crippen molar-refractivity contribution in [2.75, 3.05) is 0 Å². The molecule has 244 valence electrons. The fourth-order valence-corrected chi connectivity index (χ4v) is 12.0. The van der Waals surface area contributed by atoms with Gasteiger partial charge in [-0.25, -0.2) is 4.68 Å². The van der Waals surface area contributed by atoms with Crippen LogP contribution in [0.1, 0.15) is 118 Å². The van der Waals surface area contributed by atoms with E-state index in [1.165, 1.54) is 12.8 Å². The molecule has 0 aliphatic heterocycles. The van der Waals surface area contributed by atoms with Gasteiger partial charge in [-0.2, -0.15) is 0 Å². The number of hydrogen-bond acceptors (Lipinski definition) is 5. The van der Waals surface area contributed by atoms with Crippen molar-refractivity contribution in [3.05, 3.63) is 53.9 Å².